The van der Waals surface area contributed by atoms with Gasteiger partial charge in [0.05, 0.1) is 21.6 Å². The van der Waals surface area contributed by atoms with Crippen molar-refractivity contribution in [3.63, 3.8) is 0 Å². The fraction of sp³-hybridized carbons (Fsp3) is 0.190. The largest absolute Gasteiger partial charge is 0.352 e. The Bertz CT molecular complexity index is 996. The van der Waals surface area contributed by atoms with E-state index in [9.17, 15) is 4.79 Å². The Morgan fingerprint density at radius 1 is 1.17 bits per heavy atom. The number of amides is 1. The van der Waals surface area contributed by atoms with Gasteiger partial charge in [-0.1, -0.05) is 24.3 Å². The molecule has 5 nitrogen and oxygen atoms in total. The minimum absolute atomic E-state index is 0.0155. The molecule has 1 aromatic carbocycles. The molecule has 148 valence electrons. The van der Waals surface area contributed by atoms with Crippen molar-refractivity contribution in [1.82, 2.24) is 15.2 Å². The number of halogens is 1. The summed E-state index contributed by atoms with van der Waals surface area (Å²) in [6.07, 6.45) is 2.13. The van der Waals surface area contributed by atoms with E-state index in [0.29, 0.717) is 18.1 Å². The molecule has 0 radical (unpaired) electrons. The molecule has 0 bridgehead atoms. The molecule has 0 saturated carbocycles. The lowest BCUT2D eigenvalue weighted by Crippen LogP contribution is -2.32. The number of rotatable bonds is 6. The number of hydrogen-bond acceptors (Lipinski definition) is 4. The predicted octanol–water partition coefficient (Wildman–Crippen LogP) is 4.91. The maximum atomic E-state index is 12.5. The smallest absolute Gasteiger partial charge is 0.226 e. The monoisotopic (exact) mass is 486 g/mol. The molecule has 2 aromatic heterocycles. The number of hydrogen-bond donors (Lipinski definition) is 2. The van der Waals surface area contributed by atoms with Gasteiger partial charge in [-0.15, -0.1) is 11.3 Å². The first-order valence-electron chi connectivity index (χ1n) is 9.20. The van der Waals surface area contributed by atoms with E-state index >= 15 is 0 Å². The van der Waals surface area contributed by atoms with Crippen LogP contribution in [0.25, 0.3) is 0 Å². The van der Waals surface area contributed by atoms with Crippen LogP contribution in [0.1, 0.15) is 29.1 Å². The number of aromatic nitrogens is 1. The van der Waals surface area contributed by atoms with Crippen molar-refractivity contribution in [1.29, 1.82) is 0 Å². The molecule has 1 saturated heterocycles. The third kappa shape index (κ3) is 4.66. The van der Waals surface area contributed by atoms with Crippen LogP contribution < -0.4 is 10.6 Å². The molecule has 2 atom stereocenters. The fourth-order valence-corrected chi connectivity index (χ4v) is 5.32. The Kier molecular flexibility index (Phi) is 6.22. The van der Waals surface area contributed by atoms with E-state index in [4.69, 9.17) is 12.2 Å². The standard InChI is InChI=1S/C21H19BrN4OS2/c22-17-10-9-16(29-17)20-19(15-8-4-5-12-23-15)25-21(28)26(20)13-11-18(27)24-14-6-2-1-3-7-14/h1-10,12,19-20H,11,13H2,(H,24,27)(H,25,28)/t19-,20-/m0/s1. The molecular formula is C21H19BrN4OS2. The van der Waals surface area contributed by atoms with Gasteiger partial charge in [0.1, 0.15) is 0 Å². The van der Waals surface area contributed by atoms with Crippen LogP contribution >= 0.6 is 39.5 Å². The minimum atomic E-state index is -0.0635. The molecule has 1 aliphatic rings. The molecule has 1 aliphatic heterocycles. The van der Waals surface area contributed by atoms with Crippen LogP contribution in [0.5, 0.6) is 0 Å². The molecule has 8 heteroatoms. The fourth-order valence-electron chi connectivity index (χ4n) is 3.41. The van der Waals surface area contributed by atoms with Crippen molar-refractivity contribution in [3.05, 3.63) is 81.2 Å². The molecule has 0 aliphatic carbocycles. The molecule has 1 fully saturated rings. The van der Waals surface area contributed by atoms with Crippen LogP contribution in [0.2, 0.25) is 0 Å². The van der Waals surface area contributed by atoms with E-state index in [1.165, 1.54) is 4.88 Å². The second-order valence-electron chi connectivity index (χ2n) is 6.63. The van der Waals surface area contributed by atoms with Gasteiger partial charge < -0.3 is 15.5 Å². The van der Waals surface area contributed by atoms with Crippen LogP contribution in [0, 0.1) is 0 Å². The quantitative estimate of drug-likeness (QED) is 0.484. The van der Waals surface area contributed by atoms with Gasteiger partial charge >= 0.3 is 0 Å². The van der Waals surface area contributed by atoms with E-state index in [0.717, 1.165) is 15.2 Å². The minimum Gasteiger partial charge on any atom is -0.352 e. The highest BCUT2D eigenvalue weighted by Crippen LogP contribution is 2.42. The Balaban J connectivity index is 1.52. The highest BCUT2D eigenvalue weighted by Gasteiger charge is 2.40. The Morgan fingerprint density at radius 2 is 1.97 bits per heavy atom. The van der Waals surface area contributed by atoms with Gasteiger partial charge in [0.2, 0.25) is 5.91 Å². The van der Waals surface area contributed by atoms with Crippen molar-refractivity contribution in [3.8, 4) is 0 Å². The SMILES string of the molecule is O=C(CCN1C(=S)N[C@@H](c2ccccn2)[C@@H]1c1ccc(Br)s1)Nc1ccccc1. The van der Waals surface area contributed by atoms with Crippen molar-refractivity contribution >= 4 is 56.2 Å². The maximum Gasteiger partial charge on any atom is 0.226 e. The third-order valence-electron chi connectivity index (χ3n) is 4.72. The van der Waals surface area contributed by atoms with Gasteiger partial charge in [0.25, 0.3) is 0 Å². The lowest BCUT2D eigenvalue weighted by molar-refractivity contribution is -0.116. The zero-order valence-corrected chi connectivity index (χ0v) is 18.6. The normalized spacial score (nSPS) is 18.5. The van der Waals surface area contributed by atoms with Crippen molar-refractivity contribution < 1.29 is 4.79 Å². The topological polar surface area (TPSA) is 57.3 Å². The number of anilines is 1. The predicted molar refractivity (Wildman–Crippen MR) is 124 cm³/mol. The van der Waals surface area contributed by atoms with E-state index in [1.807, 2.05) is 54.6 Å². The van der Waals surface area contributed by atoms with Crippen molar-refractivity contribution in [2.75, 3.05) is 11.9 Å². The van der Waals surface area contributed by atoms with E-state index < -0.39 is 0 Å². The van der Waals surface area contributed by atoms with Crippen LogP contribution in [-0.4, -0.2) is 27.4 Å². The summed E-state index contributed by atoms with van der Waals surface area (Å²) in [6, 6.07) is 19.4. The molecule has 1 amide bonds. The summed E-state index contributed by atoms with van der Waals surface area (Å²) in [6.45, 7) is 0.522. The summed E-state index contributed by atoms with van der Waals surface area (Å²) >= 11 is 10.9. The van der Waals surface area contributed by atoms with Gasteiger partial charge in [-0.3, -0.25) is 9.78 Å². The van der Waals surface area contributed by atoms with E-state index in [-0.39, 0.29) is 18.0 Å². The molecule has 3 heterocycles. The van der Waals surface area contributed by atoms with Gasteiger partial charge in [0, 0.05) is 29.7 Å². The summed E-state index contributed by atoms with van der Waals surface area (Å²) in [5.74, 6) is -0.0357. The van der Waals surface area contributed by atoms with Crippen LogP contribution in [0.4, 0.5) is 5.69 Å². The van der Waals surface area contributed by atoms with Crippen LogP contribution in [-0.2, 0) is 4.79 Å². The third-order valence-corrected chi connectivity index (χ3v) is 6.77. The summed E-state index contributed by atoms with van der Waals surface area (Å²) in [7, 11) is 0. The number of carbonyl (C=O) groups is 1. The molecule has 2 N–H and O–H groups in total. The molecule has 0 spiro atoms. The number of thiocarbonyl (C=S) groups is 1. The molecular weight excluding hydrogens is 468 g/mol. The number of pyridine rings is 1. The summed E-state index contributed by atoms with van der Waals surface area (Å²) in [5.41, 5.74) is 1.73. The van der Waals surface area contributed by atoms with Crippen LogP contribution in [0.15, 0.2) is 70.6 Å². The number of nitrogens with zero attached hydrogens (tertiary/aromatic N) is 2. The number of thiophene rings is 1. The lowest BCUT2D eigenvalue weighted by Gasteiger charge is -2.26. The molecule has 29 heavy (non-hydrogen) atoms. The Hall–Kier alpha value is -2.29. The maximum absolute atomic E-state index is 12.5. The summed E-state index contributed by atoms with van der Waals surface area (Å²) in [5, 5.41) is 6.98. The Labute approximate surface area is 187 Å². The first kappa shape index (κ1) is 20.0. The van der Waals surface area contributed by atoms with Crippen molar-refractivity contribution in [2.45, 2.75) is 18.5 Å². The van der Waals surface area contributed by atoms with Crippen molar-refractivity contribution in [2.24, 2.45) is 0 Å². The second-order valence-corrected chi connectivity index (χ2v) is 9.51. The first-order chi connectivity index (χ1) is 14.1. The van der Waals surface area contributed by atoms with Gasteiger partial charge in [-0.25, -0.2) is 0 Å². The van der Waals surface area contributed by atoms with Gasteiger partial charge in [-0.2, -0.15) is 0 Å². The summed E-state index contributed by atoms with van der Waals surface area (Å²) < 4.78 is 1.06. The van der Waals surface area contributed by atoms with E-state index in [2.05, 4.69) is 42.5 Å². The number of carbonyl (C=O) groups excluding carboxylic acids is 1. The first-order valence-corrected chi connectivity index (χ1v) is 11.2. The van der Waals surface area contributed by atoms with Gasteiger partial charge in [0.15, 0.2) is 5.11 Å². The van der Waals surface area contributed by atoms with Gasteiger partial charge in [-0.05, 0) is 64.5 Å². The lowest BCUT2D eigenvalue weighted by atomic mass is 10.0. The average Bonchev–Trinajstić information content (AvgIpc) is 3.30. The number of nitrogens with one attached hydrogen (secondary N) is 2. The number of para-hydroxylation sites is 1. The summed E-state index contributed by atoms with van der Waals surface area (Å²) in [4.78, 5) is 20.2. The average molecular weight is 487 g/mol. The molecule has 4 rings (SSSR count). The molecule has 0 unspecified atom stereocenters. The Morgan fingerprint density at radius 3 is 2.66 bits per heavy atom. The number of benzene rings is 1. The second kappa shape index (κ2) is 9.02. The zero-order chi connectivity index (χ0) is 20.2. The highest BCUT2D eigenvalue weighted by atomic mass is 79.9. The molecule has 3 aromatic rings. The highest BCUT2D eigenvalue weighted by molar-refractivity contribution is 9.11. The van der Waals surface area contributed by atoms with Crippen LogP contribution in [0.3, 0.4) is 0 Å². The van der Waals surface area contributed by atoms with E-state index in [1.54, 1.807) is 17.5 Å². The zero-order valence-electron chi connectivity index (χ0n) is 15.4.